The van der Waals surface area contributed by atoms with Gasteiger partial charge in [0.05, 0.1) is 6.21 Å². The number of rotatable bonds is 5. The number of hydrogen-bond donors (Lipinski definition) is 1. The fraction of sp³-hybridized carbons (Fsp3) is 0.200. The highest BCUT2D eigenvalue weighted by molar-refractivity contribution is 7.13. The molecule has 6 heteroatoms. The summed E-state index contributed by atoms with van der Waals surface area (Å²) in [6.07, 6.45) is 0.971. The topological polar surface area (TPSA) is 50.7 Å². The van der Waals surface area contributed by atoms with Gasteiger partial charge in [-0.1, -0.05) is 11.6 Å². The summed E-state index contributed by atoms with van der Waals surface area (Å²) < 4.78 is 5.50. The summed E-state index contributed by atoms with van der Waals surface area (Å²) in [4.78, 5) is 14.0. The first-order chi connectivity index (χ1) is 10.0. The molecule has 0 saturated carbocycles. The minimum absolute atomic E-state index is 0.311. The number of carbonyl (C=O) groups excluding carboxylic acids is 1. The number of thiophene rings is 1. The summed E-state index contributed by atoms with van der Waals surface area (Å²) in [5.74, 6) is 0.273. The molecule has 1 aromatic carbocycles. The van der Waals surface area contributed by atoms with E-state index in [1.807, 2.05) is 19.1 Å². The van der Waals surface area contributed by atoms with E-state index in [-0.39, 0.29) is 5.91 Å². The summed E-state index contributed by atoms with van der Waals surface area (Å²) in [5, 5.41) is 4.54. The number of hydrogen-bond acceptors (Lipinski definition) is 4. The predicted octanol–water partition coefficient (Wildman–Crippen LogP) is 3.63. The lowest BCUT2D eigenvalue weighted by molar-refractivity contribution is -0.127. The molecule has 110 valence electrons. The van der Waals surface area contributed by atoms with Crippen molar-refractivity contribution in [2.24, 2.45) is 5.10 Å². The molecule has 2 aromatic rings. The van der Waals surface area contributed by atoms with E-state index in [1.165, 1.54) is 4.88 Å². The van der Waals surface area contributed by atoms with Crippen LogP contribution in [0.1, 0.15) is 16.7 Å². The first-order valence-corrected chi connectivity index (χ1v) is 7.55. The molecule has 21 heavy (non-hydrogen) atoms. The number of benzene rings is 1. The predicted molar refractivity (Wildman–Crippen MR) is 86.3 cm³/mol. The Balaban J connectivity index is 1.85. The minimum Gasteiger partial charge on any atom is -0.481 e. The maximum absolute atomic E-state index is 11.8. The lowest BCUT2D eigenvalue weighted by Crippen LogP contribution is -2.33. The minimum atomic E-state index is -0.645. The average Bonchev–Trinajstić information content (AvgIpc) is 2.87. The van der Waals surface area contributed by atoms with Crippen LogP contribution in [0.3, 0.4) is 0 Å². The summed E-state index contributed by atoms with van der Waals surface area (Å²) in [5.41, 5.74) is 2.46. The monoisotopic (exact) mass is 322 g/mol. The Bertz CT molecular complexity index is 637. The van der Waals surface area contributed by atoms with Crippen LogP contribution in [0.5, 0.6) is 5.75 Å². The SMILES string of the molecule is Cc1ccc(C=NNC(=O)[C@H](C)Oc2ccc(Cl)cc2)s1. The molecule has 2 rings (SSSR count). The van der Waals surface area contributed by atoms with Crippen LogP contribution >= 0.6 is 22.9 Å². The lowest BCUT2D eigenvalue weighted by atomic mass is 10.3. The molecule has 0 radical (unpaired) electrons. The summed E-state index contributed by atoms with van der Waals surface area (Å²) in [7, 11) is 0. The molecule has 0 unspecified atom stereocenters. The summed E-state index contributed by atoms with van der Waals surface area (Å²) >= 11 is 7.39. The molecule has 0 spiro atoms. The molecule has 0 aliphatic rings. The van der Waals surface area contributed by atoms with E-state index in [2.05, 4.69) is 10.5 Å². The number of nitrogens with zero attached hydrogens (tertiary/aromatic N) is 1. The molecule has 1 heterocycles. The van der Waals surface area contributed by atoms with E-state index in [0.29, 0.717) is 10.8 Å². The van der Waals surface area contributed by atoms with Crippen molar-refractivity contribution in [1.82, 2.24) is 5.43 Å². The van der Waals surface area contributed by atoms with E-state index in [9.17, 15) is 4.79 Å². The fourth-order valence-corrected chi connectivity index (χ4v) is 2.42. The third kappa shape index (κ3) is 4.88. The Morgan fingerprint density at radius 3 is 2.67 bits per heavy atom. The van der Waals surface area contributed by atoms with Crippen molar-refractivity contribution in [3.05, 3.63) is 51.2 Å². The Labute approximate surface area is 132 Å². The molecule has 1 amide bonds. The lowest BCUT2D eigenvalue weighted by Gasteiger charge is -2.12. The molecular weight excluding hydrogens is 308 g/mol. The zero-order valence-corrected chi connectivity index (χ0v) is 13.2. The molecule has 0 saturated heterocycles. The second kappa shape index (κ2) is 7.24. The van der Waals surface area contributed by atoms with Crippen LogP contribution in [0.15, 0.2) is 41.5 Å². The van der Waals surface area contributed by atoms with Crippen molar-refractivity contribution < 1.29 is 9.53 Å². The Kier molecular flexibility index (Phi) is 5.36. The highest BCUT2D eigenvalue weighted by atomic mass is 35.5. The van der Waals surface area contributed by atoms with Gasteiger partial charge in [-0.05, 0) is 50.2 Å². The van der Waals surface area contributed by atoms with Crippen LogP contribution in [0, 0.1) is 6.92 Å². The van der Waals surface area contributed by atoms with Gasteiger partial charge in [-0.2, -0.15) is 5.10 Å². The van der Waals surface area contributed by atoms with Gasteiger partial charge in [-0.25, -0.2) is 5.43 Å². The van der Waals surface area contributed by atoms with Crippen LogP contribution < -0.4 is 10.2 Å². The second-order valence-electron chi connectivity index (χ2n) is 4.40. The maximum atomic E-state index is 11.8. The molecule has 0 aliphatic heterocycles. The van der Waals surface area contributed by atoms with Gasteiger partial charge in [0.25, 0.3) is 5.91 Å². The zero-order valence-electron chi connectivity index (χ0n) is 11.7. The fourth-order valence-electron chi connectivity index (χ4n) is 1.54. The van der Waals surface area contributed by atoms with E-state index in [1.54, 1.807) is 48.7 Å². The highest BCUT2D eigenvalue weighted by Gasteiger charge is 2.13. The zero-order chi connectivity index (χ0) is 15.2. The molecule has 1 atom stereocenters. The Morgan fingerprint density at radius 2 is 2.05 bits per heavy atom. The number of halogens is 1. The van der Waals surface area contributed by atoms with E-state index < -0.39 is 6.10 Å². The van der Waals surface area contributed by atoms with Crippen LogP contribution in [-0.4, -0.2) is 18.2 Å². The van der Waals surface area contributed by atoms with Crippen molar-refractivity contribution in [3.63, 3.8) is 0 Å². The van der Waals surface area contributed by atoms with E-state index >= 15 is 0 Å². The van der Waals surface area contributed by atoms with Crippen molar-refractivity contribution in [3.8, 4) is 5.75 Å². The molecule has 0 bridgehead atoms. The van der Waals surface area contributed by atoms with Gasteiger partial charge in [0.1, 0.15) is 5.75 Å². The number of aryl methyl sites for hydroxylation is 1. The number of carbonyl (C=O) groups is 1. The molecule has 0 fully saturated rings. The standard InChI is InChI=1S/C15H15ClN2O2S/c1-10-3-8-14(21-10)9-17-18-15(19)11(2)20-13-6-4-12(16)5-7-13/h3-9,11H,1-2H3,(H,18,19)/t11-/m0/s1. The smallest absolute Gasteiger partial charge is 0.280 e. The summed E-state index contributed by atoms with van der Waals surface area (Å²) in [6, 6.07) is 10.8. The van der Waals surface area contributed by atoms with Crippen LogP contribution in [0.2, 0.25) is 5.02 Å². The Morgan fingerprint density at radius 1 is 1.33 bits per heavy atom. The second-order valence-corrected chi connectivity index (χ2v) is 6.15. The normalized spacial score (nSPS) is 12.3. The molecular formula is C15H15ClN2O2S. The van der Waals surface area contributed by atoms with Gasteiger partial charge in [-0.15, -0.1) is 11.3 Å². The van der Waals surface area contributed by atoms with Crippen molar-refractivity contribution in [2.75, 3.05) is 0 Å². The van der Waals surface area contributed by atoms with Gasteiger partial charge in [0.15, 0.2) is 6.10 Å². The average molecular weight is 323 g/mol. The first-order valence-electron chi connectivity index (χ1n) is 6.36. The van der Waals surface area contributed by atoms with E-state index in [0.717, 1.165) is 4.88 Å². The summed E-state index contributed by atoms with van der Waals surface area (Å²) in [6.45, 7) is 3.68. The van der Waals surface area contributed by atoms with Gasteiger partial charge < -0.3 is 4.74 Å². The largest absolute Gasteiger partial charge is 0.481 e. The van der Waals surface area contributed by atoms with Crippen LogP contribution in [-0.2, 0) is 4.79 Å². The molecule has 0 aliphatic carbocycles. The van der Waals surface area contributed by atoms with Crippen molar-refractivity contribution >= 4 is 35.1 Å². The molecule has 1 N–H and O–H groups in total. The number of hydrazone groups is 1. The third-order valence-corrected chi connectivity index (χ3v) is 3.81. The quantitative estimate of drug-likeness (QED) is 0.675. The molecule has 1 aromatic heterocycles. The number of nitrogens with one attached hydrogen (secondary N) is 1. The van der Waals surface area contributed by atoms with Gasteiger partial charge in [0, 0.05) is 14.8 Å². The highest BCUT2D eigenvalue weighted by Crippen LogP contribution is 2.16. The maximum Gasteiger partial charge on any atom is 0.280 e. The third-order valence-electron chi connectivity index (χ3n) is 2.62. The first kappa shape index (κ1) is 15.5. The van der Waals surface area contributed by atoms with Crippen molar-refractivity contribution in [2.45, 2.75) is 20.0 Å². The van der Waals surface area contributed by atoms with Crippen molar-refractivity contribution in [1.29, 1.82) is 0 Å². The van der Waals surface area contributed by atoms with Crippen LogP contribution in [0.4, 0.5) is 0 Å². The Hall–Kier alpha value is -1.85. The number of ether oxygens (including phenoxy) is 1. The number of amides is 1. The van der Waals surface area contributed by atoms with Gasteiger partial charge in [-0.3, -0.25) is 4.79 Å². The van der Waals surface area contributed by atoms with Gasteiger partial charge >= 0.3 is 0 Å². The molecule has 4 nitrogen and oxygen atoms in total. The van der Waals surface area contributed by atoms with E-state index in [4.69, 9.17) is 16.3 Å². The van der Waals surface area contributed by atoms with Gasteiger partial charge in [0.2, 0.25) is 0 Å². The van der Waals surface area contributed by atoms with Crippen LogP contribution in [0.25, 0.3) is 0 Å².